The fourth-order valence-corrected chi connectivity index (χ4v) is 1.59. The zero-order valence-corrected chi connectivity index (χ0v) is 11.7. The number of hydrogen-bond acceptors (Lipinski definition) is 3. The number of carbonyl (C=O) groups excluding carboxylic acids is 2. The van der Waals surface area contributed by atoms with Gasteiger partial charge in [0.05, 0.1) is 6.42 Å². The van der Waals surface area contributed by atoms with Crippen LogP contribution in [0, 0.1) is 0 Å². The van der Waals surface area contributed by atoms with Crippen molar-refractivity contribution >= 4 is 11.9 Å². The van der Waals surface area contributed by atoms with Crippen LogP contribution in [0.25, 0.3) is 0 Å². The molecule has 4 nitrogen and oxygen atoms in total. The molecular formula is C15H21NO3. The quantitative estimate of drug-likeness (QED) is 0.633. The topological polar surface area (TPSA) is 69.4 Å². The molecule has 0 bridgehead atoms. The van der Waals surface area contributed by atoms with Crippen LogP contribution in [0.5, 0.6) is 5.75 Å². The predicted octanol–water partition coefficient (Wildman–Crippen LogP) is 2.55. The highest BCUT2D eigenvalue weighted by molar-refractivity contribution is 5.80. The number of benzene rings is 1. The molecule has 0 atom stereocenters. The molecule has 0 aliphatic carbocycles. The van der Waals surface area contributed by atoms with Crippen molar-refractivity contribution in [1.29, 1.82) is 0 Å². The summed E-state index contributed by atoms with van der Waals surface area (Å²) in [5.41, 5.74) is 6.28. The molecule has 19 heavy (non-hydrogen) atoms. The summed E-state index contributed by atoms with van der Waals surface area (Å²) in [6.45, 7) is 6.47. The van der Waals surface area contributed by atoms with E-state index in [-0.39, 0.29) is 18.3 Å². The second-order valence-corrected chi connectivity index (χ2v) is 5.20. The maximum atomic E-state index is 11.4. The monoisotopic (exact) mass is 263 g/mol. The molecular weight excluding hydrogens is 242 g/mol. The molecule has 1 aromatic rings. The van der Waals surface area contributed by atoms with E-state index in [2.05, 4.69) is 20.8 Å². The minimum absolute atomic E-state index is 0.0114. The zero-order valence-electron chi connectivity index (χ0n) is 11.7. The van der Waals surface area contributed by atoms with Crippen LogP contribution in [0.1, 0.15) is 45.6 Å². The Hall–Kier alpha value is -1.84. The second kappa shape index (κ2) is 6.36. The summed E-state index contributed by atoms with van der Waals surface area (Å²) in [7, 11) is 0. The summed E-state index contributed by atoms with van der Waals surface area (Å²) < 4.78 is 5.12. The van der Waals surface area contributed by atoms with Crippen LogP contribution in [-0.2, 0) is 15.0 Å². The Balaban J connectivity index is 2.62. The summed E-state index contributed by atoms with van der Waals surface area (Å²) in [6, 6.07) is 7.46. The van der Waals surface area contributed by atoms with Crippen molar-refractivity contribution in [2.45, 2.75) is 45.4 Å². The molecule has 0 aromatic heterocycles. The summed E-state index contributed by atoms with van der Waals surface area (Å²) >= 11 is 0. The van der Waals surface area contributed by atoms with Gasteiger partial charge in [-0.25, -0.2) is 0 Å². The third-order valence-electron chi connectivity index (χ3n) is 3.33. The largest absolute Gasteiger partial charge is 0.427 e. The van der Waals surface area contributed by atoms with Crippen molar-refractivity contribution in [1.82, 2.24) is 0 Å². The van der Waals surface area contributed by atoms with Crippen LogP contribution < -0.4 is 10.5 Å². The van der Waals surface area contributed by atoms with Gasteiger partial charge in [0.25, 0.3) is 0 Å². The molecule has 1 aromatic carbocycles. The molecule has 0 fully saturated rings. The van der Waals surface area contributed by atoms with E-state index >= 15 is 0 Å². The third kappa shape index (κ3) is 4.73. The molecule has 0 saturated carbocycles. The number of carbonyl (C=O) groups is 2. The number of primary amides is 1. The number of ether oxygens (including phenoxy) is 1. The van der Waals surface area contributed by atoms with Gasteiger partial charge in [-0.2, -0.15) is 0 Å². The van der Waals surface area contributed by atoms with E-state index in [4.69, 9.17) is 10.5 Å². The van der Waals surface area contributed by atoms with Crippen molar-refractivity contribution in [2.24, 2.45) is 5.73 Å². The first-order valence-corrected chi connectivity index (χ1v) is 6.44. The van der Waals surface area contributed by atoms with Crippen molar-refractivity contribution in [3.05, 3.63) is 29.8 Å². The minimum atomic E-state index is -0.503. The average Bonchev–Trinajstić information content (AvgIpc) is 2.37. The summed E-state index contributed by atoms with van der Waals surface area (Å²) in [4.78, 5) is 22.0. The zero-order chi connectivity index (χ0) is 14.5. The van der Waals surface area contributed by atoms with E-state index in [9.17, 15) is 9.59 Å². The van der Waals surface area contributed by atoms with E-state index in [0.717, 1.165) is 6.42 Å². The first-order chi connectivity index (χ1) is 8.85. The van der Waals surface area contributed by atoms with Gasteiger partial charge in [0, 0.05) is 6.42 Å². The molecule has 2 N–H and O–H groups in total. The average molecular weight is 263 g/mol. The van der Waals surface area contributed by atoms with Gasteiger partial charge in [0.15, 0.2) is 0 Å². The van der Waals surface area contributed by atoms with Gasteiger partial charge in [0.2, 0.25) is 5.91 Å². The molecule has 0 aliphatic heterocycles. The molecule has 1 amide bonds. The molecule has 0 saturated heterocycles. The number of rotatable bonds is 6. The SMILES string of the molecule is CCC(C)(C)c1ccc(OC(=O)CCC(N)=O)cc1. The predicted molar refractivity (Wildman–Crippen MR) is 73.8 cm³/mol. The van der Waals surface area contributed by atoms with Crippen LogP contribution in [-0.4, -0.2) is 11.9 Å². The van der Waals surface area contributed by atoms with Crippen molar-refractivity contribution in [3.63, 3.8) is 0 Å². The Morgan fingerprint density at radius 1 is 1.16 bits per heavy atom. The Morgan fingerprint density at radius 2 is 1.74 bits per heavy atom. The van der Waals surface area contributed by atoms with Crippen LogP contribution in [0.2, 0.25) is 0 Å². The van der Waals surface area contributed by atoms with Gasteiger partial charge < -0.3 is 10.5 Å². The molecule has 0 radical (unpaired) electrons. The highest BCUT2D eigenvalue weighted by atomic mass is 16.5. The third-order valence-corrected chi connectivity index (χ3v) is 3.33. The molecule has 4 heteroatoms. The van der Waals surface area contributed by atoms with Gasteiger partial charge in [0.1, 0.15) is 5.75 Å². The van der Waals surface area contributed by atoms with Crippen LogP contribution >= 0.6 is 0 Å². The van der Waals surface area contributed by atoms with E-state index in [1.54, 1.807) is 12.1 Å². The smallest absolute Gasteiger partial charge is 0.311 e. The molecule has 104 valence electrons. The Bertz CT molecular complexity index is 449. The second-order valence-electron chi connectivity index (χ2n) is 5.20. The molecule has 0 aliphatic rings. The van der Waals surface area contributed by atoms with Crippen LogP contribution in [0.15, 0.2) is 24.3 Å². The lowest BCUT2D eigenvalue weighted by atomic mass is 9.82. The summed E-state index contributed by atoms with van der Waals surface area (Å²) in [6.07, 6.45) is 1.06. The van der Waals surface area contributed by atoms with Gasteiger partial charge >= 0.3 is 5.97 Å². The lowest BCUT2D eigenvalue weighted by molar-refractivity contribution is -0.136. The van der Waals surface area contributed by atoms with E-state index in [1.165, 1.54) is 5.56 Å². The molecule has 0 spiro atoms. The standard InChI is InChI=1S/C15H21NO3/c1-4-15(2,3)11-5-7-12(8-6-11)19-14(18)10-9-13(16)17/h5-8H,4,9-10H2,1-3H3,(H2,16,17). The molecule has 0 heterocycles. The highest BCUT2D eigenvalue weighted by Crippen LogP contribution is 2.28. The van der Waals surface area contributed by atoms with E-state index in [1.807, 2.05) is 12.1 Å². The molecule has 1 rings (SSSR count). The van der Waals surface area contributed by atoms with Crippen molar-refractivity contribution in [2.75, 3.05) is 0 Å². The maximum Gasteiger partial charge on any atom is 0.311 e. The van der Waals surface area contributed by atoms with Gasteiger partial charge in [-0.1, -0.05) is 32.9 Å². The Labute approximate surface area is 113 Å². The van der Waals surface area contributed by atoms with Gasteiger partial charge in [-0.3, -0.25) is 9.59 Å². The van der Waals surface area contributed by atoms with Crippen LogP contribution in [0.3, 0.4) is 0 Å². The Morgan fingerprint density at radius 3 is 2.21 bits per heavy atom. The number of esters is 1. The van der Waals surface area contributed by atoms with Gasteiger partial charge in [-0.15, -0.1) is 0 Å². The van der Waals surface area contributed by atoms with Crippen molar-refractivity contribution < 1.29 is 14.3 Å². The molecule has 0 unspecified atom stereocenters. The van der Waals surface area contributed by atoms with Crippen molar-refractivity contribution in [3.8, 4) is 5.75 Å². The lowest BCUT2D eigenvalue weighted by Gasteiger charge is -2.23. The first kappa shape index (κ1) is 15.2. The van der Waals surface area contributed by atoms with E-state index in [0.29, 0.717) is 5.75 Å². The summed E-state index contributed by atoms with van der Waals surface area (Å²) in [5, 5.41) is 0. The fourth-order valence-electron chi connectivity index (χ4n) is 1.59. The van der Waals surface area contributed by atoms with E-state index < -0.39 is 11.9 Å². The normalized spacial score (nSPS) is 11.1. The van der Waals surface area contributed by atoms with Gasteiger partial charge in [-0.05, 0) is 29.5 Å². The Kier molecular flexibility index (Phi) is 5.10. The first-order valence-electron chi connectivity index (χ1n) is 6.44. The van der Waals surface area contributed by atoms with Crippen LogP contribution in [0.4, 0.5) is 0 Å². The summed E-state index contributed by atoms with van der Waals surface area (Å²) in [5.74, 6) is -0.455. The fraction of sp³-hybridized carbons (Fsp3) is 0.467. The number of nitrogens with two attached hydrogens (primary N) is 1. The minimum Gasteiger partial charge on any atom is -0.427 e. The lowest BCUT2D eigenvalue weighted by Crippen LogP contribution is -2.16. The number of hydrogen-bond donors (Lipinski definition) is 1. The number of amides is 1. The highest BCUT2D eigenvalue weighted by Gasteiger charge is 2.17. The maximum absolute atomic E-state index is 11.4.